The average Bonchev–Trinajstić information content (AvgIpc) is 2.94. The second kappa shape index (κ2) is 8.41. The fraction of sp³-hybridized carbons (Fsp3) is 0.474. The van der Waals surface area contributed by atoms with Gasteiger partial charge in [-0.1, -0.05) is 18.2 Å². The van der Waals surface area contributed by atoms with Crippen molar-refractivity contribution >= 4 is 23.0 Å². The van der Waals surface area contributed by atoms with Crippen molar-refractivity contribution in [2.75, 3.05) is 39.8 Å². The molecule has 8 heteroatoms. The normalized spacial score (nSPS) is 17.4. The van der Waals surface area contributed by atoms with E-state index in [1.54, 1.807) is 16.8 Å². The van der Waals surface area contributed by atoms with Crippen LogP contribution >= 0.6 is 0 Å². The number of likely N-dealkylation sites (N-methyl/N-ethyl adjacent to an activating group) is 1. The monoisotopic (exact) mass is 375 g/mol. The molecule has 2 amide bonds. The molecule has 0 aliphatic carbocycles. The van der Waals surface area contributed by atoms with Crippen LogP contribution < -0.4 is 5.32 Å². The number of rotatable bonds is 6. The number of carbonyl (C=O) groups excluding carboxylic acids is 1. The number of carboxylic acids is 1. The molecule has 1 atom stereocenters. The maximum atomic E-state index is 12.6. The summed E-state index contributed by atoms with van der Waals surface area (Å²) in [6, 6.07) is 7.60. The number of hydrogen-bond donors (Lipinski definition) is 2. The van der Waals surface area contributed by atoms with Crippen LogP contribution in [0.5, 0.6) is 0 Å². The lowest BCUT2D eigenvalue weighted by Crippen LogP contribution is -2.52. The van der Waals surface area contributed by atoms with Crippen molar-refractivity contribution in [1.82, 2.24) is 15.1 Å². The maximum Gasteiger partial charge on any atom is 0.317 e. The summed E-state index contributed by atoms with van der Waals surface area (Å²) in [5, 5.41) is 12.8. The molecule has 1 fully saturated rings. The second-order valence-electron chi connectivity index (χ2n) is 6.82. The van der Waals surface area contributed by atoms with Crippen LogP contribution in [0, 0.1) is 6.92 Å². The summed E-state index contributed by atoms with van der Waals surface area (Å²) in [7, 11) is 1.73. The molecule has 2 N–H and O–H groups in total. The third kappa shape index (κ3) is 4.78. The van der Waals surface area contributed by atoms with E-state index in [1.165, 1.54) is 0 Å². The van der Waals surface area contributed by atoms with E-state index in [4.69, 9.17) is 14.3 Å². The smallest absolute Gasteiger partial charge is 0.317 e. The summed E-state index contributed by atoms with van der Waals surface area (Å²) in [6.07, 6.45) is -0.203. The Morgan fingerprint density at radius 3 is 2.93 bits per heavy atom. The SMILES string of the molecule is Cc1oc2ccccc2c1CNC(=O)N1CCOC(CN(C)CC(=O)O)C1. The van der Waals surface area contributed by atoms with Gasteiger partial charge in [0.1, 0.15) is 11.3 Å². The average molecular weight is 375 g/mol. The number of benzene rings is 1. The third-order valence-electron chi connectivity index (χ3n) is 4.66. The third-order valence-corrected chi connectivity index (χ3v) is 4.66. The number of nitrogens with zero attached hydrogens (tertiary/aromatic N) is 2. The Balaban J connectivity index is 1.56. The first-order chi connectivity index (χ1) is 12.9. The zero-order valence-electron chi connectivity index (χ0n) is 15.6. The molecule has 1 aliphatic rings. The van der Waals surface area contributed by atoms with Crippen molar-refractivity contribution in [3.05, 3.63) is 35.6 Å². The van der Waals surface area contributed by atoms with Crippen molar-refractivity contribution in [2.24, 2.45) is 0 Å². The van der Waals surface area contributed by atoms with Crippen molar-refractivity contribution in [3.8, 4) is 0 Å². The van der Waals surface area contributed by atoms with Crippen LogP contribution in [0.15, 0.2) is 28.7 Å². The Labute approximate surface area is 157 Å². The van der Waals surface area contributed by atoms with Crippen LogP contribution in [0.3, 0.4) is 0 Å². The van der Waals surface area contributed by atoms with E-state index < -0.39 is 5.97 Å². The van der Waals surface area contributed by atoms with Crippen molar-refractivity contribution in [2.45, 2.75) is 19.6 Å². The molecule has 1 aliphatic heterocycles. The summed E-state index contributed by atoms with van der Waals surface area (Å²) in [5.41, 5.74) is 1.79. The molecule has 0 spiro atoms. The molecule has 8 nitrogen and oxygen atoms in total. The lowest BCUT2D eigenvalue weighted by atomic mass is 10.1. The fourth-order valence-electron chi connectivity index (χ4n) is 3.37. The van der Waals surface area contributed by atoms with E-state index in [9.17, 15) is 9.59 Å². The van der Waals surface area contributed by atoms with Gasteiger partial charge in [0, 0.05) is 37.1 Å². The van der Waals surface area contributed by atoms with Gasteiger partial charge in [-0.25, -0.2) is 4.79 Å². The summed E-state index contributed by atoms with van der Waals surface area (Å²) < 4.78 is 11.4. The highest BCUT2D eigenvalue weighted by atomic mass is 16.5. The maximum absolute atomic E-state index is 12.6. The van der Waals surface area contributed by atoms with Crippen LogP contribution in [0.25, 0.3) is 11.0 Å². The molecule has 1 unspecified atom stereocenters. The van der Waals surface area contributed by atoms with Gasteiger partial charge >= 0.3 is 12.0 Å². The first-order valence-corrected chi connectivity index (χ1v) is 8.95. The van der Waals surface area contributed by atoms with Gasteiger partial charge in [0.15, 0.2) is 0 Å². The lowest BCUT2D eigenvalue weighted by molar-refractivity contribution is -0.138. The molecule has 1 saturated heterocycles. The standard InChI is InChI=1S/C19H25N3O5/c1-13-16(15-5-3-4-6-17(15)27-13)9-20-19(25)22-7-8-26-14(11-22)10-21(2)12-18(23)24/h3-6,14H,7-12H2,1-2H3,(H,20,25)(H,23,24). The number of hydrogen-bond acceptors (Lipinski definition) is 5. The predicted molar refractivity (Wildman–Crippen MR) is 99.6 cm³/mol. The number of nitrogens with one attached hydrogen (secondary N) is 1. The lowest BCUT2D eigenvalue weighted by Gasteiger charge is -2.34. The van der Waals surface area contributed by atoms with E-state index in [1.807, 2.05) is 31.2 Å². The van der Waals surface area contributed by atoms with Crippen LogP contribution in [-0.2, 0) is 16.1 Å². The molecule has 1 aromatic heterocycles. The van der Waals surface area contributed by atoms with E-state index >= 15 is 0 Å². The Morgan fingerprint density at radius 2 is 2.15 bits per heavy atom. The minimum absolute atomic E-state index is 0.0566. The summed E-state index contributed by atoms with van der Waals surface area (Å²) in [6.45, 7) is 4.07. The Kier molecular flexibility index (Phi) is 5.98. The van der Waals surface area contributed by atoms with Crippen molar-refractivity contribution in [1.29, 1.82) is 0 Å². The number of ether oxygens (including phenoxy) is 1. The number of aryl methyl sites for hydroxylation is 1. The molecule has 3 rings (SSSR count). The van der Waals surface area contributed by atoms with Crippen LogP contribution in [0.4, 0.5) is 4.79 Å². The van der Waals surface area contributed by atoms with Crippen molar-refractivity contribution < 1.29 is 23.8 Å². The molecule has 0 bridgehead atoms. The van der Waals surface area contributed by atoms with Gasteiger partial charge in [-0.05, 0) is 20.0 Å². The zero-order chi connectivity index (χ0) is 19.4. The van der Waals surface area contributed by atoms with Crippen LogP contribution in [-0.4, -0.2) is 72.8 Å². The zero-order valence-corrected chi connectivity index (χ0v) is 15.6. The summed E-state index contributed by atoms with van der Waals surface area (Å²) in [4.78, 5) is 26.7. The van der Waals surface area contributed by atoms with Gasteiger partial charge in [-0.3, -0.25) is 9.69 Å². The van der Waals surface area contributed by atoms with E-state index in [0.717, 1.165) is 22.3 Å². The largest absolute Gasteiger partial charge is 0.480 e. The molecule has 2 heterocycles. The summed E-state index contributed by atoms with van der Waals surface area (Å²) >= 11 is 0. The van der Waals surface area contributed by atoms with E-state index in [2.05, 4.69) is 5.32 Å². The number of fused-ring (bicyclic) bond motifs is 1. The van der Waals surface area contributed by atoms with Gasteiger partial charge < -0.3 is 24.5 Å². The molecule has 27 heavy (non-hydrogen) atoms. The number of amides is 2. The van der Waals surface area contributed by atoms with E-state index in [0.29, 0.717) is 32.8 Å². The Hall–Kier alpha value is -2.58. The molecule has 1 aromatic carbocycles. The molecular formula is C19H25N3O5. The predicted octanol–water partition coefficient (Wildman–Crippen LogP) is 1.67. The quantitative estimate of drug-likeness (QED) is 0.797. The minimum atomic E-state index is -0.884. The first-order valence-electron chi connectivity index (χ1n) is 8.95. The van der Waals surface area contributed by atoms with Gasteiger partial charge in [0.05, 0.1) is 19.3 Å². The summed E-state index contributed by atoms with van der Waals surface area (Å²) in [5.74, 6) is -0.0859. The topological polar surface area (TPSA) is 95.3 Å². The number of aliphatic carboxylic acids is 1. The number of furan rings is 1. The van der Waals surface area contributed by atoms with Gasteiger partial charge in [0.2, 0.25) is 0 Å². The number of carbonyl (C=O) groups is 2. The number of urea groups is 1. The minimum Gasteiger partial charge on any atom is -0.480 e. The number of carboxylic acid groups (broad SMARTS) is 1. The fourth-order valence-corrected chi connectivity index (χ4v) is 3.37. The van der Waals surface area contributed by atoms with Crippen LogP contribution in [0.2, 0.25) is 0 Å². The second-order valence-corrected chi connectivity index (χ2v) is 6.82. The van der Waals surface area contributed by atoms with Gasteiger partial charge in [0.25, 0.3) is 0 Å². The van der Waals surface area contributed by atoms with E-state index in [-0.39, 0.29) is 18.7 Å². The molecule has 2 aromatic rings. The Morgan fingerprint density at radius 1 is 1.37 bits per heavy atom. The molecule has 146 valence electrons. The Bertz CT molecular complexity index is 819. The highest BCUT2D eigenvalue weighted by molar-refractivity contribution is 5.83. The van der Waals surface area contributed by atoms with Crippen LogP contribution in [0.1, 0.15) is 11.3 Å². The van der Waals surface area contributed by atoms with Crippen molar-refractivity contribution in [3.63, 3.8) is 0 Å². The molecule has 0 saturated carbocycles. The number of morpholine rings is 1. The molecular weight excluding hydrogens is 350 g/mol. The van der Waals surface area contributed by atoms with Gasteiger partial charge in [-0.2, -0.15) is 0 Å². The highest BCUT2D eigenvalue weighted by Crippen LogP contribution is 2.25. The first kappa shape index (κ1) is 19.2. The highest BCUT2D eigenvalue weighted by Gasteiger charge is 2.25. The van der Waals surface area contributed by atoms with Gasteiger partial charge in [-0.15, -0.1) is 0 Å². The molecule has 0 radical (unpaired) electrons. The number of para-hydroxylation sites is 1.